The Bertz CT molecular complexity index is 1280. The Labute approximate surface area is 177 Å². The van der Waals surface area contributed by atoms with Crippen molar-refractivity contribution in [1.82, 2.24) is 9.99 Å². The van der Waals surface area contributed by atoms with Crippen LogP contribution in [0.25, 0.3) is 16.7 Å². The summed E-state index contributed by atoms with van der Waals surface area (Å²) in [5, 5.41) is 15.4. The van der Waals surface area contributed by atoms with Gasteiger partial charge in [0.05, 0.1) is 16.8 Å². The molecular formula is C22H19N5O4. The second-order valence-electron chi connectivity index (χ2n) is 7.00. The molecule has 0 fully saturated rings. The zero-order valence-corrected chi connectivity index (χ0v) is 16.9. The lowest BCUT2D eigenvalue weighted by molar-refractivity contribution is -0.384. The lowest BCUT2D eigenvalue weighted by Gasteiger charge is -2.13. The number of fused-ring (bicyclic) bond motifs is 1. The number of hydrogen-bond donors (Lipinski definition) is 1. The largest absolute Gasteiger partial charge is 0.451 e. The van der Waals surface area contributed by atoms with Gasteiger partial charge in [0.1, 0.15) is 5.58 Å². The fourth-order valence-corrected chi connectivity index (χ4v) is 3.11. The Hall–Kier alpha value is -4.40. The molecule has 1 amide bonds. The number of carbonyl (C=O) groups is 1. The summed E-state index contributed by atoms with van der Waals surface area (Å²) in [5.41, 5.74) is 5.56. The van der Waals surface area contributed by atoms with Gasteiger partial charge in [-0.05, 0) is 48.5 Å². The molecule has 0 atom stereocenters. The molecule has 0 aliphatic rings. The highest BCUT2D eigenvalue weighted by Crippen LogP contribution is 2.24. The molecule has 0 bridgehead atoms. The molecule has 2 heterocycles. The maximum Gasteiger partial charge on any atom is 0.307 e. The number of furan rings is 1. The summed E-state index contributed by atoms with van der Waals surface area (Å²) in [6, 6.07) is 17.4. The van der Waals surface area contributed by atoms with Gasteiger partial charge in [-0.1, -0.05) is 0 Å². The highest BCUT2D eigenvalue weighted by molar-refractivity contribution is 5.96. The van der Waals surface area contributed by atoms with Gasteiger partial charge in [0.15, 0.2) is 5.76 Å². The molecule has 9 nitrogen and oxygen atoms in total. The molecule has 2 aromatic heterocycles. The van der Waals surface area contributed by atoms with E-state index in [0.29, 0.717) is 11.0 Å². The third-order valence-corrected chi connectivity index (χ3v) is 4.72. The lowest BCUT2D eigenvalue weighted by atomic mass is 10.2. The first-order chi connectivity index (χ1) is 14.9. The number of nitro groups is 1. The number of rotatable bonds is 6. The summed E-state index contributed by atoms with van der Waals surface area (Å²) in [5.74, 6) is -0.536. The number of hydrogen-bond acceptors (Lipinski definition) is 6. The number of non-ortho nitro benzene ring substituents is 1. The van der Waals surface area contributed by atoms with E-state index in [9.17, 15) is 14.9 Å². The number of nitro benzene ring substituents is 1. The van der Waals surface area contributed by atoms with Crippen LogP contribution in [-0.4, -0.2) is 35.7 Å². The summed E-state index contributed by atoms with van der Waals surface area (Å²) in [4.78, 5) is 24.8. The zero-order valence-electron chi connectivity index (χ0n) is 16.9. The van der Waals surface area contributed by atoms with Gasteiger partial charge in [0.25, 0.3) is 5.69 Å². The highest BCUT2D eigenvalue weighted by Gasteiger charge is 2.14. The predicted molar refractivity (Wildman–Crippen MR) is 118 cm³/mol. The molecule has 156 valence electrons. The van der Waals surface area contributed by atoms with Gasteiger partial charge in [-0.2, -0.15) is 5.10 Å². The first-order valence-electron chi connectivity index (χ1n) is 9.39. The molecule has 0 spiro atoms. The number of nitrogens with one attached hydrogen (secondary N) is 1. The average molecular weight is 417 g/mol. The SMILES string of the molecule is CN(C)c1ccc(-n2cccc2/C=N/NC(=O)c2cc3cc([N+](=O)[O-])ccc3o2)cc1. The summed E-state index contributed by atoms with van der Waals surface area (Å²) in [6.45, 7) is 0. The zero-order chi connectivity index (χ0) is 22.0. The number of aromatic nitrogens is 1. The van der Waals surface area contributed by atoms with Crippen molar-refractivity contribution in [3.8, 4) is 5.69 Å². The minimum Gasteiger partial charge on any atom is -0.451 e. The molecule has 0 aliphatic heterocycles. The number of anilines is 1. The fourth-order valence-electron chi connectivity index (χ4n) is 3.11. The molecule has 0 saturated heterocycles. The van der Waals surface area contributed by atoms with Gasteiger partial charge in [-0.3, -0.25) is 14.9 Å². The molecule has 4 rings (SSSR count). The monoisotopic (exact) mass is 417 g/mol. The van der Waals surface area contributed by atoms with Crippen LogP contribution in [0.3, 0.4) is 0 Å². The minimum absolute atomic E-state index is 0.0160. The molecule has 9 heteroatoms. The average Bonchev–Trinajstić information content (AvgIpc) is 3.40. The molecule has 2 aromatic carbocycles. The van der Waals surface area contributed by atoms with Crippen molar-refractivity contribution in [2.75, 3.05) is 19.0 Å². The van der Waals surface area contributed by atoms with Crippen molar-refractivity contribution in [3.05, 3.63) is 88.4 Å². The van der Waals surface area contributed by atoms with E-state index < -0.39 is 10.8 Å². The van der Waals surface area contributed by atoms with E-state index in [-0.39, 0.29) is 11.4 Å². The molecule has 0 unspecified atom stereocenters. The predicted octanol–water partition coefficient (Wildman–Crippen LogP) is 3.96. The van der Waals surface area contributed by atoms with Crippen molar-refractivity contribution in [2.45, 2.75) is 0 Å². The van der Waals surface area contributed by atoms with Gasteiger partial charge < -0.3 is 13.9 Å². The van der Waals surface area contributed by atoms with E-state index in [0.717, 1.165) is 17.1 Å². The van der Waals surface area contributed by atoms with Crippen molar-refractivity contribution in [2.24, 2.45) is 5.10 Å². The minimum atomic E-state index is -0.552. The van der Waals surface area contributed by atoms with Crippen molar-refractivity contribution in [1.29, 1.82) is 0 Å². The second-order valence-corrected chi connectivity index (χ2v) is 7.00. The summed E-state index contributed by atoms with van der Waals surface area (Å²) in [7, 11) is 3.96. The molecular weight excluding hydrogens is 398 g/mol. The van der Waals surface area contributed by atoms with Crippen molar-refractivity contribution in [3.63, 3.8) is 0 Å². The Kier molecular flexibility index (Phi) is 5.23. The lowest BCUT2D eigenvalue weighted by Crippen LogP contribution is -2.17. The molecule has 4 aromatic rings. The normalized spacial score (nSPS) is 11.2. The quantitative estimate of drug-likeness (QED) is 0.290. The highest BCUT2D eigenvalue weighted by atomic mass is 16.6. The van der Waals surface area contributed by atoms with E-state index in [1.807, 2.05) is 66.2 Å². The first kappa shape index (κ1) is 19.9. The maximum absolute atomic E-state index is 12.4. The van der Waals surface area contributed by atoms with Crippen LogP contribution in [0, 0.1) is 10.1 Å². The molecule has 31 heavy (non-hydrogen) atoms. The van der Waals surface area contributed by atoms with Crippen LogP contribution in [0.15, 0.2) is 76.4 Å². The van der Waals surface area contributed by atoms with E-state index >= 15 is 0 Å². The van der Waals surface area contributed by atoms with Crippen LogP contribution in [0.2, 0.25) is 0 Å². The van der Waals surface area contributed by atoms with Gasteiger partial charge in [-0.15, -0.1) is 0 Å². The standard InChI is InChI=1S/C22H19N5O4/c1-25(2)16-5-7-17(8-6-16)26-11-3-4-19(26)14-23-24-22(28)21-13-15-12-18(27(29)30)9-10-20(15)31-21/h3-14H,1-2H3,(H,24,28)/b23-14+. The number of hydrazone groups is 1. The van der Waals surface area contributed by atoms with Crippen LogP contribution >= 0.6 is 0 Å². The molecule has 0 radical (unpaired) electrons. The van der Waals surface area contributed by atoms with E-state index in [1.165, 1.54) is 30.5 Å². The van der Waals surface area contributed by atoms with Crippen LogP contribution in [0.4, 0.5) is 11.4 Å². The Morgan fingerprint density at radius 2 is 1.94 bits per heavy atom. The Morgan fingerprint density at radius 1 is 1.16 bits per heavy atom. The van der Waals surface area contributed by atoms with Gasteiger partial charge in [-0.25, -0.2) is 5.43 Å². The van der Waals surface area contributed by atoms with Crippen LogP contribution in [-0.2, 0) is 0 Å². The fraction of sp³-hybridized carbons (Fsp3) is 0.0909. The van der Waals surface area contributed by atoms with E-state index in [1.54, 1.807) is 0 Å². The Morgan fingerprint density at radius 3 is 2.65 bits per heavy atom. The number of nitrogens with zero attached hydrogens (tertiary/aromatic N) is 4. The van der Waals surface area contributed by atoms with E-state index in [4.69, 9.17) is 4.42 Å². The van der Waals surface area contributed by atoms with Crippen molar-refractivity contribution < 1.29 is 14.1 Å². The van der Waals surface area contributed by atoms with Gasteiger partial charge in [0.2, 0.25) is 0 Å². The third kappa shape index (κ3) is 4.15. The van der Waals surface area contributed by atoms with Crippen LogP contribution in [0.1, 0.15) is 16.2 Å². The molecule has 1 N–H and O–H groups in total. The van der Waals surface area contributed by atoms with Gasteiger partial charge >= 0.3 is 5.91 Å². The smallest absolute Gasteiger partial charge is 0.307 e. The Balaban J connectivity index is 1.48. The second kappa shape index (κ2) is 8.15. The maximum atomic E-state index is 12.4. The number of amides is 1. The van der Waals surface area contributed by atoms with Crippen LogP contribution in [0.5, 0.6) is 0 Å². The third-order valence-electron chi connectivity index (χ3n) is 4.72. The first-order valence-corrected chi connectivity index (χ1v) is 9.39. The van der Waals surface area contributed by atoms with Crippen LogP contribution < -0.4 is 10.3 Å². The van der Waals surface area contributed by atoms with E-state index in [2.05, 4.69) is 10.5 Å². The van der Waals surface area contributed by atoms with Gasteiger partial charge in [0, 0.05) is 49.2 Å². The summed E-state index contributed by atoms with van der Waals surface area (Å²) in [6.07, 6.45) is 3.44. The summed E-state index contributed by atoms with van der Waals surface area (Å²) < 4.78 is 7.40. The topological polar surface area (TPSA) is 106 Å². The summed E-state index contributed by atoms with van der Waals surface area (Å²) >= 11 is 0. The van der Waals surface area contributed by atoms with Crippen molar-refractivity contribution >= 4 is 34.5 Å². The number of carbonyl (C=O) groups excluding carboxylic acids is 1. The number of benzene rings is 2. The molecule has 0 aliphatic carbocycles. The molecule has 0 saturated carbocycles.